The van der Waals surface area contributed by atoms with Gasteiger partial charge in [0.1, 0.15) is 0 Å². The Morgan fingerprint density at radius 2 is 2.10 bits per heavy atom. The molecule has 3 nitrogen and oxygen atoms in total. The van der Waals surface area contributed by atoms with Gasteiger partial charge in [0, 0.05) is 21.9 Å². The number of aromatic nitrogens is 1. The van der Waals surface area contributed by atoms with Crippen LogP contribution in [0.2, 0.25) is 10.0 Å². The lowest BCUT2D eigenvalue weighted by Gasteiger charge is -2.05. The lowest BCUT2D eigenvalue weighted by molar-refractivity contribution is 0.0600. The topological polar surface area (TPSA) is 39.2 Å². The van der Waals surface area contributed by atoms with Gasteiger partial charge in [0.15, 0.2) is 0 Å². The highest BCUT2D eigenvalue weighted by atomic mass is 35.5. The van der Waals surface area contributed by atoms with Crippen molar-refractivity contribution in [3.63, 3.8) is 0 Å². The number of hydrogen-bond donors (Lipinski definition) is 0. The molecule has 20 heavy (non-hydrogen) atoms. The molecule has 2 aromatic rings. The second-order valence-corrected chi connectivity index (χ2v) is 5.75. The number of nitrogens with zero attached hydrogens (tertiary/aromatic N) is 1. The van der Waals surface area contributed by atoms with E-state index < -0.39 is 5.97 Å². The van der Waals surface area contributed by atoms with Crippen molar-refractivity contribution in [1.82, 2.24) is 4.98 Å². The van der Waals surface area contributed by atoms with Crippen molar-refractivity contribution in [3.05, 3.63) is 57.8 Å². The molecule has 0 radical (unpaired) electrons. The highest BCUT2D eigenvalue weighted by Crippen LogP contribution is 2.31. The summed E-state index contributed by atoms with van der Waals surface area (Å²) in [5.41, 5.74) is 1.28. The van der Waals surface area contributed by atoms with Crippen LogP contribution in [-0.4, -0.2) is 18.1 Å². The number of thioether (sulfide) groups is 1. The van der Waals surface area contributed by atoms with E-state index >= 15 is 0 Å². The maximum Gasteiger partial charge on any atom is 0.339 e. The maximum absolute atomic E-state index is 11.3. The van der Waals surface area contributed by atoms with Gasteiger partial charge in [0.05, 0.1) is 23.4 Å². The third-order valence-electron chi connectivity index (χ3n) is 2.51. The van der Waals surface area contributed by atoms with Gasteiger partial charge in [-0.25, -0.2) is 4.79 Å². The van der Waals surface area contributed by atoms with Crippen LogP contribution in [0.25, 0.3) is 0 Å². The second kappa shape index (κ2) is 6.97. The molecule has 0 spiro atoms. The number of halogens is 2. The summed E-state index contributed by atoms with van der Waals surface area (Å²) < 4.78 is 4.62. The zero-order valence-electron chi connectivity index (χ0n) is 10.6. The Bertz CT molecular complexity index is 617. The molecule has 104 valence electrons. The number of methoxy groups -OCH3 is 1. The first-order valence-electron chi connectivity index (χ1n) is 5.71. The van der Waals surface area contributed by atoms with Gasteiger partial charge in [0.2, 0.25) is 0 Å². The minimum atomic E-state index is -0.394. The van der Waals surface area contributed by atoms with Crippen LogP contribution in [0.5, 0.6) is 0 Å². The van der Waals surface area contributed by atoms with Gasteiger partial charge in [-0.2, -0.15) is 0 Å². The van der Waals surface area contributed by atoms with E-state index in [0.29, 0.717) is 21.4 Å². The molecule has 0 saturated carbocycles. The molecule has 1 heterocycles. The van der Waals surface area contributed by atoms with Crippen molar-refractivity contribution in [2.45, 2.75) is 10.6 Å². The molecule has 1 aromatic heterocycles. The van der Waals surface area contributed by atoms with Gasteiger partial charge in [-0.05, 0) is 30.3 Å². The van der Waals surface area contributed by atoms with E-state index in [0.717, 1.165) is 10.6 Å². The molecule has 0 N–H and O–H groups in total. The van der Waals surface area contributed by atoms with Crippen molar-refractivity contribution in [3.8, 4) is 0 Å². The Labute approximate surface area is 131 Å². The summed E-state index contributed by atoms with van der Waals surface area (Å²) in [6, 6.07) is 8.81. The van der Waals surface area contributed by atoms with Crippen LogP contribution >= 0.6 is 35.0 Å². The predicted molar refractivity (Wildman–Crippen MR) is 81.6 cm³/mol. The highest BCUT2D eigenvalue weighted by molar-refractivity contribution is 7.98. The monoisotopic (exact) mass is 327 g/mol. The summed E-state index contributed by atoms with van der Waals surface area (Å²) in [6.45, 7) is 0. The molecule has 1 aromatic carbocycles. The Morgan fingerprint density at radius 1 is 1.30 bits per heavy atom. The number of esters is 1. The molecule has 6 heteroatoms. The zero-order chi connectivity index (χ0) is 14.5. The highest BCUT2D eigenvalue weighted by Gasteiger charge is 2.07. The number of carbonyl (C=O) groups is 1. The van der Waals surface area contributed by atoms with Gasteiger partial charge >= 0.3 is 5.97 Å². The smallest absolute Gasteiger partial charge is 0.339 e. The van der Waals surface area contributed by atoms with Crippen LogP contribution in [0.4, 0.5) is 0 Å². The van der Waals surface area contributed by atoms with Crippen LogP contribution in [-0.2, 0) is 10.5 Å². The number of rotatable bonds is 4. The predicted octanol–water partition coefficient (Wildman–Crippen LogP) is 4.47. The normalized spacial score (nSPS) is 10.3. The van der Waals surface area contributed by atoms with Crippen molar-refractivity contribution < 1.29 is 9.53 Å². The Kier molecular flexibility index (Phi) is 5.29. The van der Waals surface area contributed by atoms with Gasteiger partial charge in [-0.15, -0.1) is 11.8 Å². The summed E-state index contributed by atoms with van der Waals surface area (Å²) in [4.78, 5) is 16.4. The molecule has 0 unspecified atom stereocenters. The summed E-state index contributed by atoms with van der Waals surface area (Å²) >= 11 is 13.6. The molecule has 0 aliphatic heterocycles. The van der Waals surface area contributed by atoms with E-state index in [1.54, 1.807) is 24.3 Å². The lowest BCUT2D eigenvalue weighted by atomic mass is 10.2. The fourth-order valence-corrected chi connectivity index (χ4v) is 2.90. The van der Waals surface area contributed by atoms with Crippen LogP contribution in [0.3, 0.4) is 0 Å². The van der Waals surface area contributed by atoms with E-state index in [-0.39, 0.29) is 0 Å². The van der Waals surface area contributed by atoms with Crippen molar-refractivity contribution in [1.29, 1.82) is 0 Å². The largest absolute Gasteiger partial charge is 0.465 e. The third kappa shape index (κ3) is 3.88. The molecule has 0 aliphatic carbocycles. The number of benzene rings is 1. The third-order valence-corrected chi connectivity index (χ3v) is 4.28. The lowest BCUT2D eigenvalue weighted by Crippen LogP contribution is -2.02. The molecule has 0 saturated heterocycles. The minimum Gasteiger partial charge on any atom is -0.465 e. The standard InChI is InChI=1S/C14H11Cl2NO2S/c1-19-14(18)9-2-4-11(17-7-9)8-20-13-6-10(15)3-5-12(13)16/h2-7H,8H2,1H3. The average molecular weight is 328 g/mol. The minimum absolute atomic E-state index is 0.394. The molecule has 0 atom stereocenters. The number of hydrogen-bond acceptors (Lipinski definition) is 4. The van der Waals surface area contributed by atoms with Crippen molar-refractivity contribution in [2.75, 3.05) is 7.11 Å². The molecular formula is C14H11Cl2NO2S. The molecule has 0 aliphatic rings. The summed E-state index contributed by atoms with van der Waals surface area (Å²) in [5, 5.41) is 1.30. The van der Waals surface area contributed by atoms with E-state index in [2.05, 4.69) is 9.72 Å². The fourth-order valence-electron chi connectivity index (χ4n) is 1.49. The Balaban J connectivity index is 2.04. The van der Waals surface area contributed by atoms with Crippen molar-refractivity contribution in [2.24, 2.45) is 0 Å². The number of ether oxygens (including phenoxy) is 1. The summed E-state index contributed by atoms with van der Waals surface area (Å²) in [5.74, 6) is 0.246. The first-order valence-corrected chi connectivity index (χ1v) is 7.45. The van der Waals surface area contributed by atoms with Crippen LogP contribution in [0.15, 0.2) is 41.4 Å². The van der Waals surface area contributed by atoms with Crippen LogP contribution in [0, 0.1) is 0 Å². The summed E-state index contributed by atoms with van der Waals surface area (Å²) in [6.07, 6.45) is 1.50. The molecule has 0 fully saturated rings. The number of pyridine rings is 1. The maximum atomic E-state index is 11.3. The van der Waals surface area contributed by atoms with Gasteiger partial charge in [-0.1, -0.05) is 23.2 Å². The fraction of sp³-hybridized carbons (Fsp3) is 0.143. The molecular weight excluding hydrogens is 317 g/mol. The molecule has 0 amide bonds. The molecule has 0 bridgehead atoms. The quantitative estimate of drug-likeness (QED) is 0.613. The second-order valence-electron chi connectivity index (χ2n) is 3.89. The van der Waals surface area contributed by atoms with E-state index in [4.69, 9.17) is 23.2 Å². The van der Waals surface area contributed by atoms with E-state index in [9.17, 15) is 4.79 Å². The Morgan fingerprint density at radius 3 is 2.75 bits per heavy atom. The zero-order valence-corrected chi connectivity index (χ0v) is 12.9. The first-order chi connectivity index (χ1) is 9.60. The van der Waals surface area contributed by atoms with E-state index in [1.165, 1.54) is 25.1 Å². The Hall–Kier alpha value is -1.23. The van der Waals surface area contributed by atoms with Gasteiger partial charge in [-0.3, -0.25) is 4.98 Å². The van der Waals surface area contributed by atoms with Crippen molar-refractivity contribution >= 4 is 40.9 Å². The van der Waals surface area contributed by atoms with Gasteiger partial charge in [0.25, 0.3) is 0 Å². The SMILES string of the molecule is COC(=O)c1ccc(CSc2cc(Cl)ccc2Cl)nc1. The number of carbonyl (C=O) groups excluding carboxylic acids is 1. The van der Waals surface area contributed by atoms with Gasteiger partial charge < -0.3 is 4.74 Å². The van der Waals surface area contributed by atoms with Crippen LogP contribution in [0.1, 0.15) is 16.1 Å². The van der Waals surface area contributed by atoms with Crippen LogP contribution < -0.4 is 0 Å². The first kappa shape index (κ1) is 15.2. The average Bonchev–Trinajstić information content (AvgIpc) is 2.48. The molecule has 2 rings (SSSR count). The van der Waals surface area contributed by atoms with E-state index in [1.807, 2.05) is 6.07 Å². The summed E-state index contributed by atoms with van der Waals surface area (Å²) in [7, 11) is 1.34.